The Balaban J connectivity index is 2.10. The maximum Gasteiger partial charge on any atom is 0.214 e. The molecule has 19 heavy (non-hydrogen) atoms. The minimum Gasteiger partial charge on any atom is -0.444 e. The van der Waals surface area contributed by atoms with Crippen LogP contribution in [0.2, 0.25) is 0 Å². The minimum absolute atomic E-state index is 0.422. The highest BCUT2D eigenvalue weighted by atomic mass is 16.4. The van der Waals surface area contributed by atoms with Gasteiger partial charge in [0.05, 0.1) is 5.69 Å². The summed E-state index contributed by atoms with van der Waals surface area (Å²) in [6, 6.07) is 1.92. The van der Waals surface area contributed by atoms with E-state index in [1.807, 2.05) is 31.4 Å². The molecule has 0 spiro atoms. The summed E-state index contributed by atoms with van der Waals surface area (Å²) in [5.74, 6) is 1.86. The van der Waals surface area contributed by atoms with Crippen LogP contribution in [-0.2, 0) is 6.54 Å². The number of nitrogens with zero attached hydrogens (tertiary/aromatic N) is 4. The maximum atomic E-state index is 5.96. The molecule has 0 saturated heterocycles. The van der Waals surface area contributed by atoms with Crippen molar-refractivity contribution in [3.05, 3.63) is 35.2 Å². The van der Waals surface area contributed by atoms with Crippen LogP contribution in [0, 0.1) is 20.8 Å². The molecule has 0 aliphatic heterocycles. The molecule has 98 valence electrons. The van der Waals surface area contributed by atoms with Gasteiger partial charge in [0.15, 0.2) is 5.65 Å². The Bertz CT molecular complexity index is 736. The molecule has 0 atom stereocenters. The van der Waals surface area contributed by atoms with Gasteiger partial charge in [-0.25, -0.2) is 15.0 Å². The highest BCUT2D eigenvalue weighted by Crippen LogP contribution is 2.20. The predicted molar refractivity (Wildman–Crippen MR) is 71.8 cm³/mol. The first kappa shape index (κ1) is 11.7. The lowest BCUT2D eigenvalue weighted by atomic mass is 10.3. The normalized spacial score (nSPS) is 11.3. The van der Waals surface area contributed by atoms with Crippen LogP contribution in [0.4, 0.5) is 5.95 Å². The number of nitrogen functional groups attached to an aromatic ring is 1. The van der Waals surface area contributed by atoms with Crippen molar-refractivity contribution < 1.29 is 4.42 Å². The number of rotatable bonds is 2. The van der Waals surface area contributed by atoms with Crippen molar-refractivity contribution in [1.29, 1.82) is 0 Å². The van der Waals surface area contributed by atoms with E-state index < -0.39 is 0 Å². The first-order chi connectivity index (χ1) is 9.06. The first-order valence-corrected chi connectivity index (χ1v) is 6.06. The number of aromatic nitrogens is 4. The number of hydrogen-bond donors (Lipinski definition) is 1. The molecular formula is C13H15N5O. The number of aryl methyl sites for hydroxylation is 3. The van der Waals surface area contributed by atoms with Gasteiger partial charge in [-0.2, -0.15) is 0 Å². The van der Waals surface area contributed by atoms with E-state index >= 15 is 0 Å². The number of imidazole rings is 1. The molecule has 3 rings (SSSR count). The van der Waals surface area contributed by atoms with Crippen molar-refractivity contribution in [2.24, 2.45) is 0 Å². The SMILES string of the molecule is Cc1nc(Cn2c(N)nc3c(C)ccnc32)oc1C. The van der Waals surface area contributed by atoms with Gasteiger partial charge in [0.2, 0.25) is 11.8 Å². The van der Waals surface area contributed by atoms with Crippen LogP contribution in [0.5, 0.6) is 0 Å². The molecule has 3 heterocycles. The number of anilines is 1. The average molecular weight is 257 g/mol. The largest absolute Gasteiger partial charge is 0.444 e. The van der Waals surface area contributed by atoms with Gasteiger partial charge in [0.25, 0.3) is 0 Å². The van der Waals surface area contributed by atoms with Crippen LogP contribution in [-0.4, -0.2) is 19.5 Å². The zero-order valence-electron chi connectivity index (χ0n) is 11.1. The molecule has 6 heteroatoms. The van der Waals surface area contributed by atoms with Crippen LogP contribution in [0.15, 0.2) is 16.7 Å². The standard InChI is InChI=1S/C13H15N5O/c1-7-4-5-15-12-11(7)17-13(14)18(12)6-10-16-8(2)9(3)19-10/h4-5H,6H2,1-3H3,(H2,14,17). The molecule has 6 nitrogen and oxygen atoms in total. The van der Waals surface area contributed by atoms with E-state index in [1.165, 1.54) is 0 Å². The predicted octanol–water partition coefficient (Wildman–Crippen LogP) is 1.98. The number of hydrogen-bond acceptors (Lipinski definition) is 5. The van der Waals surface area contributed by atoms with Crippen LogP contribution in [0.1, 0.15) is 22.9 Å². The van der Waals surface area contributed by atoms with Crippen molar-refractivity contribution in [2.75, 3.05) is 5.73 Å². The van der Waals surface area contributed by atoms with E-state index in [1.54, 1.807) is 6.20 Å². The summed E-state index contributed by atoms with van der Waals surface area (Å²) in [6.07, 6.45) is 1.75. The van der Waals surface area contributed by atoms with E-state index in [2.05, 4.69) is 15.0 Å². The average Bonchev–Trinajstić information content (AvgIpc) is 2.84. The summed E-state index contributed by atoms with van der Waals surface area (Å²) in [6.45, 7) is 6.23. The van der Waals surface area contributed by atoms with E-state index in [9.17, 15) is 0 Å². The Morgan fingerprint density at radius 1 is 1.26 bits per heavy atom. The number of fused-ring (bicyclic) bond motifs is 1. The fourth-order valence-corrected chi connectivity index (χ4v) is 2.05. The second-order valence-electron chi connectivity index (χ2n) is 4.61. The molecule has 3 aromatic heterocycles. The molecule has 2 N–H and O–H groups in total. The molecule has 0 aliphatic carbocycles. The van der Waals surface area contributed by atoms with Crippen LogP contribution in [0.3, 0.4) is 0 Å². The summed E-state index contributed by atoms with van der Waals surface area (Å²) in [4.78, 5) is 13.0. The zero-order chi connectivity index (χ0) is 13.6. The van der Waals surface area contributed by atoms with Gasteiger partial charge >= 0.3 is 0 Å². The van der Waals surface area contributed by atoms with E-state index in [-0.39, 0.29) is 0 Å². The molecule has 0 unspecified atom stereocenters. The molecule has 0 amide bonds. The van der Waals surface area contributed by atoms with Gasteiger partial charge in [0, 0.05) is 6.20 Å². The zero-order valence-corrected chi connectivity index (χ0v) is 11.1. The van der Waals surface area contributed by atoms with Gasteiger partial charge in [-0.1, -0.05) is 0 Å². The summed E-state index contributed by atoms with van der Waals surface area (Å²) in [5, 5.41) is 0. The molecule has 0 radical (unpaired) electrons. The maximum absolute atomic E-state index is 5.96. The summed E-state index contributed by atoms with van der Waals surface area (Å²) in [5.41, 5.74) is 9.47. The topological polar surface area (TPSA) is 82.8 Å². The number of oxazole rings is 1. The lowest BCUT2D eigenvalue weighted by Crippen LogP contribution is -2.05. The van der Waals surface area contributed by atoms with Crippen molar-refractivity contribution >= 4 is 17.1 Å². The third-order valence-electron chi connectivity index (χ3n) is 3.23. The number of nitrogens with two attached hydrogens (primary N) is 1. The van der Waals surface area contributed by atoms with E-state index in [0.29, 0.717) is 18.4 Å². The molecule has 0 aliphatic rings. The van der Waals surface area contributed by atoms with Gasteiger partial charge in [-0.05, 0) is 32.4 Å². The molecule has 0 aromatic carbocycles. The molecule has 0 bridgehead atoms. The summed E-state index contributed by atoms with van der Waals surface area (Å²) >= 11 is 0. The fourth-order valence-electron chi connectivity index (χ4n) is 2.05. The Morgan fingerprint density at radius 2 is 2.05 bits per heavy atom. The summed E-state index contributed by atoms with van der Waals surface area (Å²) in [7, 11) is 0. The van der Waals surface area contributed by atoms with Crippen LogP contribution >= 0.6 is 0 Å². The molecule has 0 fully saturated rings. The minimum atomic E-state index is 0.422. The third-order valence-corrected chi connectivity index (χ3v) is 3.23. The van der Waals surface area contributed by atoms with Crippen LogP contribution < -0.4 is 5.73 Å². The fraction of sp³-hybridized carbons (Fsp3) is 0.308. The monoisotopic (exact) mass is 257 g/mol. The summed E-state index contributed by atoms with van der Waals surface area (Å²) < 4.78 is 7.39. The Hall–Kier alpha value is -2.37. The smallest absolute Gasteiger partial charge is 0.214 e. The van der Waals surface area contributed by atoms with Gasteiger partial charge < -0.3 is 10.2 Å². The Morgan fingerprint density at radius 3 is 2.74 bits per heavy atom. The third kappa shape index (κ3) is 1.85. The van der Waals surface area contributed by atoms with Crippen molar-refractivity contribution in [2.45, 2.75) is 27.3 Å². The van der Waals surface area contributed by atoms with E-state index in [0.717, 1.165) is 28.2 Å². The van der Waals surface area contributed by atoms with Crippen molar-refractivity contribution in [1.82, 2.24) is 19.5 Å². The van der Waals surface area contributed by atoms with Crippen LogP contribution in [0.25, 0.3) is 11.2 Å². The highest BCUT2D eigenvalue weighted by Gasteiger charge is 2.14. The van der Waals surface area contributed by atoms with Gasteiger partial charge in [0.1, 0.15) is 17.8 Å². The Kier molecular flexibility index (Phi) is 2.51. The van der Waals surface area contributed by atoms with Crippen molar-refractivity contribution in [3.63, 3.8) is 0 Å². The molecular weight excluding hydrogens is 242 g/mol. The van der Waals surface area contributed by atoms with Crippen molar-refractivity contribution in [3.8, 4) is 0 Å². The lowest BCUT2D eigenvalue weighted by molar-refractivity contribution is 0.460. The second-order valence-corrected chi connectivity index (χ2v) is 4.61. The first-order valence-electron chi connectivity index (χ1n) is 6.06. The molecule has 3 aromatic rings. The number of pyridine rings is 1. The van der Waals surface area contributed by atoms with E-state index in [4.69, 9.17) is 10.2 Å². The highest BCUT2D eigenvalue weighted by molar-refractivity contribution is 5.77. The quantitative estimate of drug-likeness (QED) is 0.759. The molecule has 0 saturated carbocycles. The van der Waals surface area contributed by atoms with Gasteiger partial charge in [-0.3, -0.25) is 4.57 Å². The lowest BCUT2D eigenvalue weighted by Gasteiger charge is -2.02. The second kappa shape index (κ2) is 4.08. The Labute approximate surface area is 110 Å². The van der Waals surface area contributed by atoms with Gasteiger partial charge in [-0.15, -0.1) is 0 Å².